The third-order valence-electron chi connectivity index (χ3n) is 3.91. The van der Waals surface area contributed by atoms with E-state index in [1.807, 2.05) is 37.3 Å². The van der Waals surface area contributed by atoms with Crippen LogP contribution in [0.5, 0.6) is 5.75 Å². The van der Waals surface area contributed by atoms with Crippen molar-refractivity contribution in [2.24, 2.45) is 0 Å². The monoisotopic (exact) mass is 401 g/mol. The Kier molecular flexibility index (Phi) is 6.65. The molecule has 0 spiro atoms. The molecule has 0 saturated heterocycles. The molecule has 1 N–H and O–H groups in total. The molecule has 0 aliphatic carbocycles. The molecule has 28 heavy (non-hydrogen) atoms. The van der Waals surface area contributed by atoms with Crippen molar-refractivity contribution in [2.45, 2.75) is 31.2 Å². The lowest BCUT2D eigenvalue weighted by Crippen LogP contribution is -2.28. The van der Waals surface area contributed by atoms with Gasteiger partial charge in [-0.2, -0.15) is 0 Å². The number of carbonyl (C=O) groups excluding carboxylic acids is 1. The summed E-state index contributed by atoms with van der Waals surface area (Å²) in [6, 6.07) is 15.7. The average Bonchev–Trinajstić information content (AvgIpc) is 3.18. The molecule has 0 aliphatic heterocycles. The fraction of sp³-hybridized carbons (Fsp3) is 0.250. The van der Waals surface area contributed by atoms with Crippen LogP contribution in [0.4, 0.5) is 4.39 Å². The van der Waals surface area contributed by atoms with E-state index in [9.17, 15) is 9.18 Å². The minimum atomic E-state index is -0.620. The summed E-state index contributed by atoms with van der Waals surface area (Å²) in [5.41, 5.74) is 1.03. The summed E-state index contributed by atoms with van der Waals surface area (Å²) < 4.78 is 24.7. The van der Waals surface area contributed by atoms with Crippen LogP contribution in [0.3, 0.4) is 0 Å². The minimum Gasteiger partial charge on any atom is -0.478 e. The van der Waals surface area contributed by atoms with E-state index >= 15 is 0 Å². The van der Waals surface area contributed by atoms with Crippen LogP contribution in [0.2, 0.25) is 0 Å². The fourth-order valence-electron chi connectivity index (χ4n) is 2.46. The number of para-hydroxylation sites is 1. The van der Waals surface area contributed by atoms with Gasteiger partial charge in [0.25, 0.3) is 11.1 Å². The summed E-state index contributed by atoms with van der Waals surface area (Å²) in [5.74, 6) is -0.147. The number of hydrogen-bond acceptors (Lipinski definition) is 6. The predicted octanol–water partition coefficient (Wildman–Crippen LogP) is 4.32. The van der Waals surface area contributed by atoms with Gasteiger partial charge in [-0.05, 0) is 31.5 Å². The molecule has 1 amide bonds. The Balaban J connectivity index is 1.50. The van der Waals surface area contributed by atoms with E-state index in [0.29, 0.717) is 0 Å². The molecular weight excluding hydrogens is 381 g/mol. The van der Waals surface area contributed by atoms with Crippen molar-refractivity contribution < 1.29 is 18.3 Å². The molecule has 6 nitrogen and oxygen atoms in total. The minimum absolute atomic E-state index is 0.0956. The van der Waals surface area contributed by atoms with Crippen LogP contribution in [0.15, 0.2) is 64.2 Å². The Morgan fingerprint density at radius 3 is 2.61 bits per heavy atom. The van der Waals surface area contributed by atoms with Crippen LogP contribution in [-0.4, -0.2) is 21.9 Å². The summed E-state index contributed by atoms with van der Waals surface area (Å²) in [4.78, 5) is 12.1. The molecule has 8 heteroatoms. The zero-order valence-corrected chi connectivity index (χ0v) is 16.3. The van der Waals surface area contributed by atoms with Crippen molar-refractivity contribution in [1.29, 1.82) is 0 Å². The molecule has 0 aliphatic rings. The van der Waals surface area contributed by atoms with Crippen molar-refractivity contribution >= 4 is 17.7 Å². The number of aromatic nitrogens is 2. The number of hydrogen-bond donors (Lipinski definition) is 1. The van der Waals surface area contributed by atoms with Gasteiger partial charge in [-0.1, -0.05) is 54.2 Å². The van der Waals surface area contributed by atoms with E-state index in [1.165, 1.54) is 12.1 Å². The zero-order chi connectivity index (χ0) is 19.9. The second kappa shape index (κ2) is 9.36. The highest BCUT2D eigenvalue weighted by Crippen LogP contribution is 2.25. The molecule has 1 heterocycles. The first-order chi connectivity index (χ1) is 13.5. The van der Waals surface area contributed by atoms with Crippen LogP contribution in [0.25, 0.3) is 0 Å². The lowest BCUT2D eigenvalue weighted by Gasteiger charge is -2.13. The summed E-state index contributed by atoms with van der Waals surface area (Å²) in [6.45, 7) is 3.60. The van der Waals surface area contributed by atoms with Crippen molar-refractivity contribution in [3.63, 3.8) is 0 Å². The molecule has 3 rings (SSSR count). The van der Waals surface area contributed by atoms with Crippen LogP contribution >= 0.6 is 11.8 Å². The van der Waals surface area contributed by atoms with Gasteiger partial charge in [-0.15, -0.1) is 10.2 Å². The van der Waals surface area contributed by atoms with Crippen LogP contribution < -0.4 is 10.1 Å². The van der Waals surface area contributed by atoms with Crippen molar-refractivity contribution in [2.75, 3.05) is 5.75 Å². The largest absolute Gasteiger partial charge is 0.478 e. The highest BCUT2D eigenvalue weighted by molar-refractivity contribution is 7.99. The fourth-order valence-corrected chi connectivity index (χ4v) is 3.04. The maximum atomic E-state index is 13.7. The Labute approximate surface area is 166 Å². The van der Waals surface area contributed by atoms with E-state index in [0.717, 1.165) is 17.3 Å². The maximum Gasteiger partial charge on any atom is 0.277 e. The first-order valence-electron chi connectivity index (χ1n) is 8.74. The standard InChI is InChI=1S/C20H20FN3O3S/c1-13(15-8-4-3-5-9-15)22-18(25)12-28-20-24-23-19(27-20)14(2)26-17-11-7-6-10-16(17)21/h3-11,13-14H,12H2,1-2H3,(H,22,25). The Morgan fingerprint density at radius 1 is 1.14 bits per heavy atom. The quantitative estimate of drug-likeness (QED) is 0.567. The Morgan fingerprint density at radius 2 is 1.86 bits per heavy atom. The second-order valence-corrected chi connectivity index (χ2v) is 7.01. The number of halogens is 1. The Bertz CT molecular complexity index is 920. The number of rotatable bonds is 8. The molecule has 0 bridgehead atoms. The van der Waals surface area contributed by atoms with E-state index in [2.05, 4.69) is 15.5 Å². The van der Waals surface area contributed by atoms with Gasteiger partial charge in [0.1, 0.15) is 0 Å². The summed E-state index contributed by atoms with van der Waals surface area (Å²) in [7, 11) is 0. The van der Waals surface area contributed by atoms with E-state index in [1.54, 1.807) is 19.1 Å². The first-order valence-corrected chi connectivity index (χ1v) is 9.73. The van der Waals surface area contributed by atoms with E-state index < -0.39 is 11.9 Å². The molecular formula is C20H20FN3O3S. The average molecular weight is 401 g/mol. The molecule has 0 fully saturated rings. The number of thioether (sulfide) groups is 1. The third kappa shape index (κ3) is 5.32. The Hall–Kier alpha value is -2.87. The second-order valence-electron chi connectivity index (χ2n) is 6.09. The molecule has 2 atom stereocenters. The molecule has 146 valence electrons. The lowest BCUT2D eigenvalue weighted by atomic mass is 10.1. The van der Waals surface area contributed by atoms with E-state index in [-0.39, 0.29) is 34.6 Å². The molecule has 2 aromatic carbocycles. The van der Waals surface area contributed by atoms with Gasteiger partial charge in [-0.3, -0.25) is 4.79 Å². The third-order valence-corrected chi connectivity index (χ3v) is 4.73. The van der Waals surface area contributed by atoms with Gasteiger partial charge in [0.2, 0.25) is 5.91 Å². The van der Waals surface area contributed by atoms with Crippen LogP contribution in [0.1, 0.15) is 37.4 Å². The topological polar surface area (TPSA) is 77.2 Å². The zero-order valence-electron chi connectivity index (χ0n) is 15.5. The number of nitrogens with one attached hydrogen (secondary N) is 1. The predicted molar refractivity (Wildman–Crippen MR) is 103 cm³/mol. The van der Waals surface area contributed by atoms with Gasteiger partial charge < -0.3 is 14.5 Å². The summed E-state index contributed by atoms with van der Waals surface area (Å²) in [6.07, 6.45) is -0.620. The molecule has 1 aromatic heterocycles. The highest BCUT2D eigenvalue weighted by atomic mass is 32.2. The molecule has 2 unspecified atom stereocenters. The van der Waals surface area contributed by atoms with E-state index in [4.69, 9.17) is 9.15 Å². The van der Waals surface area contributed by atoms with Gasteiger partial charge in [0, 0.05) is 0 Å². The summed E-state index contributed by atoms with van der Waals surface area (Å²) in [5, 5.41) is 11.0. The van der Waals surface area contributed by atoms with Crippen LogP contribution in [-0.2, 0) is 4.79 Å². The van der Waals surface area contributed by atoms with Gasteiger partial charge >= 0.3 is 0 Å². The smallest absolute Gasteiger partial charge is 0.277 e. The van der Waals surface area contributed by atoms with Crippen LogP contribution in [0, 0.1) is 5.82 Å². The summed E-state index contributed by atoms with van der Waals surface area (Å²) >= 11 is 1.13. The first kappa shape index (κ1) is 19.9. The lowest BCUT2D eigenvalue weighted by molar-refractivity contribution is -0.119. The van der Waals surface area contributed by atoms with Gasteiger partial charge in [-0.25, -0.2) is 4.39 Å². The molecule has 0 saturated carbocycles. The van der Waals surface area contributed by atoms with Crippen molar-refractivity contribution in [3.8, 4) is 5.75 Å². The number of carbonyl (C=O) groups is 1. The number of amides is 1. The normalized spacial score (nSPS) is 13.0. The number of nitrogens with zero attached hydrogens (tertiary/aromatic N) is 2. The van der Waals surface area contributed by atoms with Gasteiger partial charge in [0.15, 0.2) is 17.7 Å². The van der Waals surface area contributed by atoms with Crippen molar-refractivity contribution in [1.82, 2.24) is 15.5 Å². The van der Waals surface area contributed by atoms with Gasteiger partial charge in [0.05, 0.1) is 11.8 Å². The van der Waals surface area contributed by atoms with Crippen molar-refractivity contribution in [3.05, 3.63) is 71.9 Å². The maximum absolute atomic E-state index is 13.7. The number of benzene rings is 2. The molecule has 0 radical (unpaired) electrons. The highest BCUT2D eigenvalue weighted by Gasteiger charge is 2.18. The SMILES string of the molecule is CC(NC(=O)CSc1nnc(C(C)Oc2ccccc2F)o1)c1ccccc1. The molecule has 3 aromatic rings. The number of ether oxygens (including phenoxy) is 1.